The minimum absolute atomic E-state index is 0.0202. The molecule has 20 heavy (non-hydrogen) atoms. The van der Waals surface area contributed by atoms with Crippen LogP contribution in [-0.4, -0.2) is 12.0 Å². The standard InChI is InChI=1S/C15H17N2O3/c1-3-8-16-9-6-12(7-10-16)13-4-5-14(17(18)19)15(11-13)20-2/h4-7,9-11H,3,8H2,1-2H3/q+1. The van der Waals surface area contributed by atoms with Gasteiger partial charge in [-0.1, -0.05) is 6.92 Å². The van der Waals surface area contributed by atoms with E-state index in [0.29, 0.717) is 0 Å². The van der Waals surface area contributed by atoms with E-state index < -0.39 is 4.92 Å². The number of ether oxygens (including phenoxy) is 1. The van der Waals surface area contributed by atoms with E-state index in [9.17, 15) is 10.1 Å². The minimum Gasteiger partial charge on any atom is -0.490 e. The summed E-state index contributed by atoms with van der Waals surface area (Å²) in [4.78, 5) is 10.4. The highest BCUT2D eigenvalue weighted by Gasteiger charge is 2.15. The molecule has 1 heterocycles. The van der Waals surface area contributed by atoms with Crippen LogP contribution in [0.1, 0.15) is 13.3 Å². The first-order valence-corrected chi connectivity index (χ1v) is 6.47. The zero-order valence-electron chi connectivity index (χ0n) is 11.6. The second-order valence-corrected chi connectivity index (χ2v) is 4.47. The van der Waals surface area contributed by atoms with Crippen molar-refractivity contribution >= 4 is 5.69 Å². The number of benzene rings is 1. The number of aromatic nitrogens is 1. The summed E-state index contributed by atoms with van der Waals surface area (Å²) in [5, 5.41) is 10.9. The number of aryl methyl sites for hydroxylation is 1. The molecule has 1 aromatic heterocycles. The van der Waals surface area contributed by atoms with Crippen molar-refractivity contribution in [3.8, 4) is 16.9 Å². The van der Waals surface area contributed by atoms with Crippen LogP contribution in [0.15, 0.2) is 42.7 Å². The second-order valence-electron chi connectivity index (χ2n) is 4.47. The Morgan fingerprint density at radius 3 is 2.45 bits per heavy atom. The molecule has 0 aliphatic heterocycles. The normalized spacial score (nSPS) is 10.3. The summed E-state index contributed by atoms with van der Waals surface area (Å²) in [6, 6.07) is 8.89. The third-order valence-corrected chi connectivity index (χ3v) is 3.08. The van der Waals surface area contributed by atoms with Crippen molar-refractivity contribution in [3.63, 3.8) is 0 Å². The fourth-order valence-corrected chi connectivity index (χ4v) is 2.07. The van der Waals surface area contributed by atoms with Gasteiger partial charge in [0.1, 0.15) is 6.54 Å². The lowest BCUT2D eigenvalue weighted by atomic mass is 10.1. The average Bonchev–Trinajstić information content (AvgIpc) is 2.47. The summed E-state index contributed by atoms with van der Waals surface area (Å²) < 4.78 is 7.19. The molecule has 0 bridgehead atoms. The maximum Gasteiger partial charge on any atom is 0.310 e. The lowest BCUT2D eigenvalue weighted by molar-refractivity contribution is -0.696. The summed E-state index contributed by atoms with van der Waals surface area (Å²) in [6.07, 6.45) is 5.09. The lowest BCUT2D eigenvalue weighted by Gasteiger charge is -2.05. The molecule has 0 saturated carbocycles. The van der Waals surface area contributed by atoms with Crippen LogP contribution < -0.4 is 9.30 Å². The van der Waals surface area contributed by atoms with Gasteiger partial charge in [-0.25, -0.2) is 4.57 Å². The maximum atomic E-state index is 10.9. The van der Waals surface area contributed by atoms with Crippen molar-refractivity contribution in [2.75, 3.05) is 7.11 Å². The summed E-state index contributed by atoms with van der Waals surface area (Å²) in [7, 11) is 1.44. The smallest absolute Gasteiger partial charge is 0.310 e. The molecule has 0 spiro atoms. The molecular formula is C15H17N2O3+. The van der Waals surface area contributed by atoms with Crippen molar-refractivity contribution < 1.29 is 14.2 Å². The number of hydrogen-bond acceptors (Lipinski definition) is 3. The Hall–Kier alpha value is -2.43. The van der Waals surface area contributed by atoms with Crippen molar-refractivity contribution in [2.45, 2.75) is 19.9 Å². The molecule has 0 unspecified atom stereocenters. The third kappa shape index (κ3) is 2.93. The molecule has 1 aromatic carbocycles. The van der Waals surface area contributed by atoms with Gasteiger partial charge in [-0.2, -0.15) is 0 Å². The van der Waals surface area contributed by atoms with Gasteiger partial charge in [0.15, 0.2) is 18.1 Å². The monoisotopic (exact) mass is 273 g/mol. The molecule has 0 saturated heterocycles. The van der Waals surface area contributed by atoms with E-state index >= 15 is 0 Å². The Kier molecular flexibility index (Phi) is 4.30. The van der Waals surface area contributed by atoms with Crippen molar-refractivity contribution in [3.05, 3.63) is 52.8 Å². The Morgan fingerprint density at radius 1 is 1.20 bits per heavy atom. The van der Waals surface area contributed by atoms with Crippen LogP contribution in [-0.2, 0) is 6.54 Å². The van der Waals surface area contributed by atoms with E-state index in [1.165, 1.54) is 13.2 Å². The van der Waals surface area contributed by atoms with Gasteiger partial charge < -0.3 is 4.74 Å². The predicted molar refractivity (Wildman–Crippen MR) is 75.6 cm³/mol. The van der Waals surface area contributed by atoms with Gasteiger partial charge in [0.05, 0.1) is 12.0 Å². The zero-order chi connectivity index (χ0) is 14.5. The zero-order valence-corrected chi connectivity index (χ0v) is 11.6. The van der Waals surface area contributed by atoms with E-state index in [1.807, 2.05) is 24.5 Å². The molecule has 0 fully saturated rings. The third-order valence-electron chi connectivity index (χ3n) is 3.08. The van der Waals surface area contributed by atoms with E-state index in [1.54, 1.807) is 12.1 Å². The minimum atomic E-state index is -0.442. The molecular weight excluding hydrogens is 256 g/mol. The van der Waals surface area contributed by atoms with Gasteiger partial charge in [-0.3, -0.25) is 10.1 Å². The number of nitro groups is 1. The van der Waals surface area contributed by atoms with Crippen LogP contribution in [0.5, 0.6) is 5.75 Å². The highest BCUT2D eigenvalue weighted by atomic mass is 16.6. The number of rotatable bonds is 5. The molecule has 0 aliphatic rings. The summed E-state index contributed by atoms with van der Waals surface area (Å²) in [5.41, 5.74) is 1.88. The van der Waals surface area contributed by atoms with Crippen LogP contribution in [0.3, 0.4) is 0 Å². The van der Waals surface area contributed by atoms with Gasteiger partial charge in [0, 0.05) is 24.6 Å². The van der Waals surface area contributed by atoms with Crippen molar-refractivity contribution in [2.24, 2.45) is 0 Å². The highest BCUT2D eigenvalue weighted by Crippen LogP contribution is 2.31. The number of hydrogen-bond donors (Lipinski definition) is 0. The Bertz CT molecular complexity index is 609. The molecule has 0 aliphatic carbocycles. The molecule has 2 aromatic rings. The van der Waals surface area contributed by atoms with E-state index in [2.05, 4.69) is 11.5 Å². The SMILES string of the molecule is CCC[n+]1ccc(-c2ccc([N+](=O)[O-])c(OC)c2)cc1. The Morgan fingerprint density at radius 2 is 1.90 bits per heavy atom. The van der Waals surface area contributed by atoms with E-state index in [4.69, 9.17) is 4.74 Å². The molecule has 0 amide bonds. The fraction of sp³-hybridized carbons (Fsp3) is 0.267. The first kappa shape index (κ1) is 14.0. The molecule has 0 radical (unpaired) electrons. The van der Waals surface area contributed by atoms with Gasteiger partial charge in [-0.05, 0) is 23.3 Å². The molecule has 5 heteroatoms. The van der Waals surface area contributed by atoms with Crippen LogP contribution in [0.4, 0.5) is 5.69 Å². The van der Waals surface area contributed by atoms with Crippen molar-refractivity contribution in [1.82, 2.24) is 0 Å². The van der Waals surface area contributed by atoms with Gasteiger partial charge >= 0.3 is 5.69 Å². The first-order valence-electron chi connectivity index (χ1n) is 6.47. The predicted octanol–water partition coefficient (Wildman–Crippen LogP) is 2.97. The summed E-state index contributed by atoms with van der Waals surface area (Å²) >= 11 is 0. The number of methoxy groups -OCH3 is 1. The average molecular weight is 273 g/mol. The van der Waals surface area contributed by atoms with Crippen LogP contribution in [0, 0.1) is 10.1 Å². The fourth-order valence-electron chi connectivity index (χ4n) is 2.07. The molecule has 104 valence electrons. The summed E-state index contributed by atoms with van der Waals surface area (Å²) in [5.74, 6) is 0.276. The second kappa shape index (κ2) is 6.14. The van der Waals surface area contributed by atoms with Crippen LogP contribution in [0.25, 0.3) is 11.1 Å². The summed E-state index contributed by atoms with van der Waals surface area (Å²) in [6.45, 7) is 3.10. The number of pyridine rings is 1. The van der Waals surface area contributed by atoms with E-state index in [-0.39, 0.29) is 11.4 Å². The Labute approximate surface area is 117 Å². The molecule has 0 N–H and O–H groups in total. The number of nitrogens with zero attached hydrogens (tertiary/aromatic N) is 2. The van der Waals surface area contributed by atoms with E-state index in [0.717, 1.165) is 24.1 Å². The maximum absolute atomic E-state index is 10.9. The van der Waals surface area contributed by atoms with Gasteiger partial charge in [0.25, 0.3) is 0 Å². The highest BCUT2D eigenvalue weighted by molar-refractivity contribution is 5.67. The van der Waals surface area contributed by atoms with Crippen LogP contribution >= 0.6 is 0 Å². The Balaban J connectivity index is 2.35. The lowest BCUT2D eigenvalue weighted by Crippen LogP contribution is -2.31. The largest absolute Gasteiger partial charge is 0.490 e. The first-order chi connectivity index (χ1) is 9.65. The molecule has 5 nitrogen and oxygen atoms in total. The van der Waals surface area contributed by atoms with Gasteiger partial charge in [0.2, 0.25) is 0 Å². The molecule has 0 atom stereocenters. The van der Waals surface area contributed by atoms with Gasteiger partial charge in [-0.15, -0.1) is 0 Å². The van der Waals surface area contributed by atoms with Crippen LogP contribution in [0.2, 0.25) is 0 Å². The number of nitro benzene ring substituents is 1. The topological polar surface area (TPSA) is 56.2 Å². The quantitative estimate of drug-likeness (QED) is 0.478. The molecule has 2 rings (SSSR count). The van der Waals surface area contributed by atoms with Crippen molar-refractivity contribution in [1.29, 1.82) is 0 Å².